The molecular formula is C23H31N3O2. The van der Waals surface area contributed by atoms with Crippen LogP contribution in [0.2, 0.25) is 0 Å². The van der Waals surface area contributed by atoms with Gasteiger partial charge < -0.3 is 10.2 Å². The monoisotopic (exact) mass is 381 g/mol. The van der Waals surface area contributed by atoms with E-state index in [-0.39, 0.29) is 17.7 Å². The number of allylic oxidation sites excluding steroid dienone is 1. The fraction of sp³-hybridized carbons (Fsp3) is 0.478. The zero-order valence-corrected chi connectivity index (χ0v) is 17.4. The Bertz CT molecular complexity index is 906. The van der Waals surface area contributed by atoms with Gasteiger partial charge in [0.05, 0.1) is 11.4 Å². The van der Waals surface area contributed by atoms with Gasteiger partial charge >= 0.3 is 0 Å². The van der Waals surface area contributed by atoms with Crippen molar-refractivity contribution in [1.29, 1.82) is 0 Å². The molecule has 0 spiro atoms. The molecule has 1 aliphatic carbocycles. The number of amides is 1. The number of aryl methyl sites for hydroxylation is 1. The van der Waals surface area contributed by atoms with E-state index in [1.165, 1.54) is 16.5 Å². The average Bonchev–Trinajstić information content (AvgIpc) is 3.10. The summed E-state index contributed by atoms with van der Waals surface area (Å²) in [7, 11) is 1.89. The third-order valence-electron chi connectivity index (χ3n) is 5.71. The normalized spacial score (nSPS) is 15.8. The molecule has 0 fully saturated rings. The Morgan fingerprint density at radius 3 is 2.61 bits per heavy atom. The minimum absolute atomic E-state index is 0.116. The van der Waals surface area contributed by atoms with Crippen molar-refractivity contribution in [2.45, 2.75) is 40.0 Å². The lowest BCUT2D eigenvalue weighted by molar-refractivity contribution is -0.133. The SMILES string of the molecule is CCC(=O)n1cc2c3c(cccc31)/C(=C/C(CNC)C(=O)N(CC)CC)CC2. The van der Waals surface area contributed by atoms with Gasteiger partial charge in [-0.15, -0.1) is 0 Å². The lowest BCUT2D eigenvalue weighted by Crippen LogP contribution is -2.39. The van der Waals surface area contributed by atoms with Gasteiger partial charge in [-0.25, -0.2) is 0 Å². The van der Waals surface area contributed by atoms with Crippen LogP contribution >= 0.6 is 0 Å². The zero-order valence-electron chi connectivity index (χ0n) is 17.4. The first kappa shape index (κ1) is 20.3. The highest BCUT2D eigenvalue weighted by atomic mass is 16.2. The molecule has 1 aromatic carbocycles. The second-order valence-corrected chi connectivity index (χ2v) is 7.34. The average molecular weight is 382 g/mol. The van der Waals surface area contributed by atoms with E-state index in [0.29, 0.717) is 13.0 Å². The van der Waals surface area contributed by atoms with Gasteiger partial charge in [0, 0.05) is 37.6 Å². The molecule has 3 rings (SSSR count). The third kappa shape index (κ3) is 3.63. The highest BCUT2D eigenvalue weighted by Gasteiger charge is 2.25. The van der Waals surface area contributed by atoms with E-state index < -0.39 is 0 Å². The van der Waals surface area contributed by atoms with Crippen molar-refractivity contribution in [3.63, 3.8) is 0 Å². The van der Waals surface area contributed by atoms with Gasteiger partial charge in [0.2, 0.25) is 11.8 Å². The molecule has 0 aliphatic heterocycles. The van der Waals surface area contributed by atoms with Crippen LogP contribution in [0.4, 0.5) is 0 Å². The van der Waals surface area contributed by atoms with Crippen molar-refractivity contribution in [3.05, 3.63) is 41.6 Å². The predicted octanol–water partition coefficient (Wildman–Crippen LogP) is 3.73. The van der Waals surface area contributed by atoms with E-state index in [1.54, 1.807) is 4.57 Å². The molecule has 28 heavy (non-hydrogen) atoms. The van der Waals surface area contributed by atoms with Crippen LogP contribution in [0.5, 0.6) is 0 Å². The van der Waals surface area contributed by atoms with Gasteiger partial charge in [-0.05, 0) is 56.5 Å². The van der Waals surface area contributed by atoms with Crippen LogP contribution in [0.25, 0.3) is 16.5 Å². The van der Waals surface area contributed by atoms with E-state index in [9.17, 15) is 9.59 Å². The minimum atomic E-state index is -0.184. The van der Waals surface area contributed by atoms with Gasteiger partial charge in [-0.3, -0.25) is 14.2 Å². The second-order valence-electron chi connectivity index (χ2n) is 7.34. The molecule has 0 radical (unpaired) electrons. The number of nitrogens with zero attached hydrogens (tertiary/aromatic N) is 2. The Hall–Kier alpha value is -2.40. The molecular weight excluding hydrogens is 350 g/mol. The summed E-state index contributed by atoms with van der Waals surface area (Å²) in [6, 6.07) is 6.15. The van der Waals surface area contributed by atoms with E-state index in [4.69, 9.17) is 0 Å². The fourth-order valence-corrected chi connectivity index (χ4v) is 4.23. The number of hydrogen-bond acceptors (Lipinski definition) is 3. The number of benzene rings is 1. The van der Waals surface area contributed by atoms with Crippen LogP contribution < -0.4 is 5.32 Å². The number of aromatic nitrogens is 1. The van der Waals surface area contributed by atoms with Gasteiger partial charge in [0.15, 0.2) is 0 Å². The fourth-order valence-electron chi connectivity index (χ4n) is 4.23. The first-order valence-electron chi connectivity index (χ1n) is 10.4. The Labute approximate surface area is 167 Å². The summed E-state index contributed by atoms with van der Waals surface area (Å²) in [5, 5.41) is 4.34. The molecule has 2 aromatic rings. The smallest absolute Gasteiger partial charge is 0.230 e. The number of rotatable bonds is 7. The highest BCUT2D eigenvalue weighted by molar-refractivity contribution is 6.02. The van der Waals surface area contributed by atoms with Crippen LogP contribution in [0.15, 0.2) is 30.5 Å². The van der Waals surface area contributed by atoms with Crippen molar-refractivity contribution in [3.8, 4) is 0 Å². The molecule has 1 N–H and O–H groups in total. The molecule has 1 amide bonds. The lowest BCUT2D eigenvalue weighted by Gasteiger charge is -2.25. The van der Waals surface area contributed by atoms with Gasteiger partial charge in [-0.2, -0.15) is 0 Å². The van der Waals surface area contributed by atoms with Crippen molar-refractivity contribution in [2.75, 3.05) is 26.7 Å². The zero-order chi connectivity index (χ0) is 20.3. The van der Waals surface area contributed by atoms with Crippen molar-refractivity contribution < 1.29 is 9.59 Å². The molecule has 0 saturated carbocycles. The van der Waals surface area contributed by atoms with Crippen LogP contribution in [0, 0.1) is 5.92 Å². The van der Waals surface area contributed by atoms with Crippen LogP contribution in [-0.4, -0.2) is 48.0 Å². The van der Waals surface area contributed by atoms with Gasteiger partial charge in [-0.1, -0.05) is 25.1 Å². The summed E-state index contributed by atoms with van der Waals surface area (Å²) in [4.78, 5) is 27.2. The highest BCUT2D eigenvalue weighted by Crippen LogP contribution is 2.38. The summed E-state index contributed by atoms with van der Waals surface area (Å²) < 4.78 is 1.79. The summed E-state index contributed by atoms with van der Waals surface area (Å²) in [5.41, 5.74) is 4.57. The summed E-state index contributed by atoms with van der Waals surface area (Å²) in [6.45, 7) is 8.00. The number of nitrogens with one attached hydrogen (secondary N) is 1. The molecule has 1 heterocycles. The molecule has 5 nitrogen and oxygen atoms in total. The molecule has 1 aliphatic rings. The van der Waals surface area contributed by atoms with E-state index in [0.717, 1.165) is 37.0 Å². The van der Waals surface area contributed by atoms with E-state index >= 15 is 0 Å². The number of hydrogen-bond donors (Lipinski definition) is 1. The van der Waals surface area contributed by atoms with Crippen molar-refractivity contribution in [2.24, 2.45) is 5.92 Å². The largest absolute Gasteiger partial charge is 0.343 e. The standard InChI is InChI=1S/C23H31N3O2/c1-5-21(27)26-15-17-12-11-16(19-9-8-10-20(26)22(17)19)13-18(14-24-4)23(28)25(6-2)7-3/h8-10,13,15,18,24H,5-7,11-12,14H2,1-4H3/b16-13+. The predicted molar refractivity (Wildman–Crippen MR) is 114 cm³/mol. The third-order valence-corrected chi connectivity index (χ3v) is 5.71. The van der Waals surface area contributed by atoms with Gasteiger partial charge in [0.1, 0.15) is 0 Å². The van der Waals surface area contributed by atoms with Crippen molar-refractivity contribution in [1.82, 2.24) is 14.8 Å². The maximum Gasteiger partial charge on any atom is 0.230 e. The molecule has 1 atom stereocenters. The molecule has 150 valence electrons. The van der Waals surface area contributed by atoms with Crippen LogP contribution in [0.1, 0.15) is 49.5 Å². The molecule has 1 aromatic heterocycles. The Morgan fingerprint density at radius 2 is 1.96 bits per heavy atom. The topological polar surface area (TPSA) is 54.3 Å². The molecule has 1 unspecified atom stereocenters. The summed E-state index contributed by atoms with van der Waals surface area (Å²) >= 11 is 0. The first-order valence-corrected chi connectivity index (χ1v) is 10.4. The van der Waals surface area contributed by atoms with E-state index in [1.807, 2.05) is 51.0 Å². The quantitative estimate of drug-likeness (QED) is 0.795. The molecule has 5 heteroatoms. The second kappa shape index (κ2) is 8.74. The molecule has 0 saturated heterocycles. The van der Waals surface area contributed by atoms with Crippen LogP contribution in [-0.2, 0) is 11.2 Å². The number of carbonyl (C=O) groups is 2. The maximum absolute atomic E-state index is 13.0. The van der Waals surface area contributed by atoms with Gasteiger partial charge in [0.25, 0.3) is 0 Å². The Kier molecular flexibility index (Phi) is 6.35. The summed E-state index contributed by atoms with van der Waals surface area (Å²) in [5.74, 6) is 0.102. The lowest BCUT2D eigenvalue weighted by atomic mass is 9.86. The van der Waals surface area contributed by atoms with Crippen LogP contribution in [0.3, 0.4) is 0 Å². The Balaban J connectivity index is 2.06. The van der Waals surface area contributed by atoms with E-state index in [2.05, 4.69) is 17.5 Å². The number of carbonyl (C=O) groups excluding carboxylic acids is 2. The van der Waals surface area contributed by atoms with Crippen molar-refractivity contribution >= 4 is 28.3 Å². The summed E-state index contributed by atoms with van der Waals surface area (Å²) in [6.07, 6.45) is 6.42. The first-order chi connectivity index (χ1) is 13.5. The molecule has 0 bridgehead atoms. The maximum atomic E-state index is 13.0. The minimum Gasteiger partial charge on any atom is -0.343 e. The Morgan fingerprint density at radius 1 is 1.21 bits per heavy atom.